The minimum atomic E-state index is -2.23. The number of ether oxygens (including phenoxy) is 1. The number of aromatic nitrogens is 3. The standard InChI is InChI=1S/C18H10F5N3OS/c19-11-12(20)14(22)17(15(23)13(11)21)26-18(28)25-10(24-26)6-27-9-5-7-3-1-2-4-8(7)16(9)25/h1-4,9,16H,5-6H2/t9-,16+/m0/s1. The molecule has 5 rings (SSSR count). The SMILES string of the molecule is Fc1c(F)c(F)c(-n2nc3n(c2=S)[C@@H]2c4ccccc4C[C@@H]2OC3)c(F)c1F. The van der Waals surface area contributed by atoms with Crippen LogP contribution in [0.5, 0.6) is 0 Å². The van der Waals surface area contributed by atoms with E-state index in [1.54, 1.807) is 4.57 Å². The van der Waals surface area contributed by atoms with Crippen molar-refractivity contribution in [1.82, 2.24) is 14.3 Å². The molecule has 0 bridgehead atoms. The second-order valence-corrected chi connectivity index (χ2v) is 6.96. The van der Waals surface area contributed by atoms with Crippen LogP contribution in [0.4, 0.5) is 22.0 Å². The lowest BCUT2D eigenvalue weighted by Crippen LogP contribution is -2.31. The molecular weight excluding hydrogens is 401 g/mol. The predicted octanol–water partition coefficient (Wildman–Crippen LogP) is 4.14. The van der Waals surface area contributed by atoms with Gasteiger partial charge in [-0.25, -0.2) is 22.0 Å². The maximum atomic E-state index is 14.3. The fourth-order valence-electron chi connectivity index (χ4n) is 3.90. The van der Waals surface area contributed by atoms with E-state index in [1.807, 2.05) is 24.3 Å². The molecule has 0 radical (unpaired) electrons. The van der Waals surface area contributed by atoms with E-state index in [0.29, 0.717) is 11.1 Å². The highest BCUT2D eigenvalue weighted by Gasteiger charge is 2.40. The topological polar surface area (TPSA) is 32.0 Å². The van der Waals surface area contributed by atoms with E-state index in [4.69, 9.17) is 17.0 Å². The van der Waals surface area contributed by atoms with Gasteiger partial charge in [-0.15, -0.1) is 5.10 Å². The third-order valence-electron chi connectivity index (χ3n) is 5.13. The van der Waals surface area contributed by atoms with Gasteiger partial charge in [0.05, 0.1) is 12.1 Å². The molecule has 0 saturated heterocycles. The van der Waals surface area contributed by atoms with E-state index in [1.165, 1.54) is 0 Å². The first kappa shape index (κ1) is 17.5. The average Bonchev–Trinajstić information content (AvgIpc) is 3.23. The third kappa shape index (κ3) is 2.18. The zero-order valence-corrected chi connectivity index (χ0v) is 14.7. The molecular formula is C18H10F5N3OS. The lowest BCUT2D eigenvalue weighted by atomic mass is 10.1. The Kier molecular flexibility index (Phi) is 3.72. The highest BCUT2D eigenvalue weighted by molar-refractivity contribution is 7.71. The van der Waals surface area contributed by atoms with Gasteiger partial charge in [0.25, 0.3) is 0 Å². The summed E-state index contributed by atoms with van der Waals surface area (Å²) in [4.78, 5) is 0. The highest BCUT2D eigenvalue weighted by atomic mass is 32.1. The van der Waals surface area contributed by atoms with Gasteiger partial charge in [-0.1, -0.05) is 24.3 Å². The lowest BCUT2D eigenvalue weighted by Gasteiger charge is -2.28. The van der Waals surface area contributed by atoms with Crippen LogP contribution in [0.1, 0.15) is 23.0 Å². The van der Waals surface area contributed by atoms with E-state index in [-0.39, 0.29) is 29.3 Å². The van der Waals surface area contributed by atoms with Crippen LogP contribution in [0.2, 0.25) is 0 Å². The second-order valence-electron chi connectivity index (χ2n) is 6.60. The number of fused-ring (bicyclic) bond motifs is 5. The number of hydrogen-bond donors (Lipinski definition) is 0. The Morgan fingerprint density at radius 2 is 1.61 bits per heavy atom. The van der Waals surface area contributed by atoms with Gasteiger partial charge in [0.2, 0.25) is 10.6 Å². The van der Waals surface area contributed by atoms with Gasteiger partial charge >= 0.3 is 0 Å². The van der Waals surface area contributed by atoms with Crippen LogP contribution in [0.15, 0.2) is 24.3 Å². The van der Waals surface area contributed by atoms with Crippen LogP contribution in [-0.2, 0) is 17.8 Å². The van der Waals surface area contributed by atoms with Gasteiger partial charge in [0.15, 0.2) is 29.1 Å². The molecule has 144 valence electrons. The minimum Gasteiger partial charge on any atom is -0.367 e. The summed E-state index contributed by atoms with van der Waals surface area (Å²) >= 11 is 5.32. The number of nitrogens with zero attached hydrogens (tertiary/aromatic N) is 3. The summed E-state index contributed by atoms with van der Waals surface area (Å²) in [5, 5.41) is 4.00. The van der Waals surface area contributed by atoms with Crippen LogP contribution >= 0.6 is 12.2 Å². The van der Waals surface area contributed by atoms with Gasteiger partial charge < -0.3 is 4.74 Å². The molecule has 3 aromatic rings. The van der Waals surface area contributed by atoms with Crippen molar-refractivity contribution in [2.24, 2.45) is 0 Å². The number of halogens is 5. The lowest BCUT2D eigenvalue weighted by molar-refractivity contribution is -0.00509. The summed E-state index contributed by atoms with van der Waals surface area (Å²) in [5.41, 5.74) is 0.754. The average molecular weight is 411 g/mol. The van der Waals surface area contributed by atoms with Crippen molar-refractivity contribution in [3.05, 3.63) is 75.1 Å². The normalized spacial score (nSPS) is 20.0. The number of benzene rings is 2. The highest BCUT2D eigenvalue weighted by Crippen LogP contribution is 2.40. The molecule has 0 N–H and O–H groups in total. The van der Waals surface area contributed by atoms with Crippen molar-refractivity contribution in [3.63, 3.8) is 0 Å². The van der Waals surface area contributed by atoms with Crippen molar-refractivity contribution in [3.8, 4) is 5.69 Å². The zero-order chi connectivity index (χ0) is 19.7. The van der Waals surface area contributed by atoms with Crippen LogP contribution in [-0.4, -0.2) is 20.5 Å². The molecule has 2 aromatic carbocycles. The monoisotopic (exact) mass is 411 g/mol. The molecule has 1 aliphatic heterocycles. The smallest absolute Gasteiger partial charge is 0.203 e. The Balaban J connectivity index is 1.76. The van der Waals surface area contributed by atoms with Crippen molar-refractivity contribution < 1.29 is 26.7 Å². The van der Waals surface area contributed by atoms with Gasteiger partial charge in [-0.2, -0.15) is 4.68 Å². The molecule has 0 amide bonds. The summed E-state index contributed by atoms with van der Waals surface area (Å²) in [6.07, 6.45) is 0.362. The van der Waals surface area contributed by atoms with Crippen LogP contribution in [0.3, 0.4) is 0 Å². The van der Waals surface area contributed by atoms with Crippen LogP contribution < -0.4 is 0 Å². The molecule has 28 heavy (non-hydrogen) atoms. The van der Waals surface area contributed by atoms with Crippen molar-refractivity contribution in [1.29, 1.82) is 0 Å². The maximum Gasteiger partial charge on any atom is 0.203 e. The van der Waals surface area contributed by atoms with Crippen LogP contribution in [0.25, 0.3) is 5.69 Å². The summed E-state index contributed by atoms with van der Waals surface area (Å²) in [5.74, 6) is -10.1. The molecule has 0 unspecified atom stereocenters. The Hall–Kier alpha value is -2.59. The molecule has 0 spiro atoms. The van der Waals surface area contributed by atoms with Gasteiger partial charge in [-0.3, -0.25) is 4.57 Å². The molecule has 1 aromatic heterocycles. The van der Waals surface area contributed by atoms with Gasteiger partial charge in [-0.05, 0) is 23.3 Å². The van der Waals surface area contributed by atoms with Crippen molar-refractivity contribution in [2.75, 3.05) is 0 Å². The van der Waals surface area contributed by atoms with Crippen molar-refractivity contribution >= 4 is 12.2 Å². The number of rotatable bonds is 1. The Morgan fingerprint density at radius 3 is 2.32 bits per heavy atom. The largest absolute Gasteiger partial charge is 0.367 e. The second kappa shape index (κ2) is 5.95. The first-order chi connectivity index (χ1) is 13.4. The summed E-state index contributed by atoms with van der Waals surface area (Å²) in [6, 6.07) is 7.16. The molecule has 0 saturated carbocycles. The molecule has 2 aliphatic rings. The van der Waals surface area contributed by atoms with E-state index in [9.17, 15) is 22.0 Å². The summed E-state index contributed by atoms with van der Waals surface area (Å²) in [7, 11) is 0. The Bertz CT molecular complexity index is 1180. The van der Waals surface area contributed by atoms with Crippen LogP contribution in [0, 0.1) is 33.9 Å². The van der Waals surface area contributed by atoms with E-state index < -0.39 is 34.8 Å². The fraction of sp³-hybridized carbons (Fsp3) is 0.222. The van der Waals surface area contributed by atoms with E-state index >= 15 is 0 Å². The fourth-order valence-corrected chi connectivity index (χ4v) is 4.25. The Labute approximate surface area is 159 Å². The first-order valence-electron chi connectivity index (χ1n) is 8.31. The molecule has 4 nitrogen and oxygen atoms in total. The zero-order valence-electron chi connectivity index (χ0n) is 13.9. The minimum absolute atomic E-state index is 0.00118. The Morgan fingerprint density at radius 1 is 0.964 bits per heavy atom. The predicted molar refractivity (Wildman–Crippen MR) is 89.0 cm³/mol. The summed E-state index contributed by atoms with van der Waals surface area (Å²) < 4.78 is 77.0. The van der Waals surface area contributed by atoms with E-state index in [0.717, 1.165) is 11.1 Å². The molecule has 0 fully saturated rings. The molecule has 2 atom stereocenters. The summed E-state index contributed by atoms with van der Waals surface area (Å²) in [6.45, 7) is 0.00118. The first-order valence-corrected chi connectivity index (χ1v) is 8.72. The van der Waals surface area contributed by atoms with Gasteiger partial charge in [0, 0.05) is 6.42 Å². The molecule has 2 heterocycles. The molecule has 1 aliphatic carbocycles. The van der Waals surface area contributed by atoms with Gasteiger partial charge in [0.1, 0.15) is 12.3 Å². The van der Waals surface area contributed by atoms with E-state index in [2.05, 4.69) is 5.10 Å². The third-order valence-corrected chi connectivity index (χ3v) is 5.50. The molecule has 10 heteroatoms. The number of hydrogen-bond acceptors (Lipinski definition) is 3. The maximum absolute atomic E-state index is 14.3. The van der Waals surface area contributed by atoms with Crippen molar-refractivity contribution in [2.45, 2.75) is 25.2 Å². The quantitative estimate of drug-likeness (QED) is 0.261.